The van der Waals surface area contributed by atoms with Crippen LogP contribution in [0.15, 0.2) is 0 Å². The zero-order valence-electron chi connectivity index (χ0n) is 11.7. The fourth-order valence-corrected chi connectivity index (χ4v) is 2.34. The molecule has 0 aliphatic carbocycles. The number of likely N-dealkylation sites (N-methyl/N-ethyl adjacent to an activating group) is 1. The van der Waals surface area contributed by atoms with E-state index in [4.69, 9.17) is 0 Å². The first-order valence-electron chi connectivity index (χ1n) is 6.63. The van der Waals surface area contributed by atoms with Gasteiger partial charge in [-0.25, -0.2) is 22.0 Å². The summed E-state index contributed by atoms with van der Waals surface area (Å²) in [5.74, 6) is -9.33. The van der Waals surface area contributed by atoms with Crippen molar-refractivity contribution in [1.82, 2.24) is 4.90 Å². The molecule has 0 radical (unpaired) electrons. The predicted molar refractivity (Wildman–Crippen MR) is 66.9 cm³/mol. The number of hydrogen-bond donors (Lipinski definition) is 0. The number of benzene rings is 1. The first-order valence-corrected chi connectivity index (χ1v) is 6.63. The van der Waals surface area contributed by atoms with Crippen molar-refractivity contribution in [2.24, 2.45) is 0 Å². The summed E-state index contributed by atoms with van der Waals surface area (Å²) in [6, 6.07) is -0.265. The van der Waals surface area contributed by atoms with Gasteiger partial charge in [0.25, 0.3) is 0 Å². The third kappa shape index (κ3) is 3.11. The van der Waals surface area contributed by atoms with E-state index < -0.39 is 34.6 Å². The Morgan fingerprint density at radius 3 is 1.50 bits per heavy atom. The van der Waals surface area contributed by atoms with Gasteiger partial charge in [-0.1, -0.05) is 20.8 Å². The number of halogens is 5. The molecule has 0 N–H and O–H groups in total. The summed E-state index contributed by atoms with van der Waals surface area (Å²) in [5, 5.41) is 0. The van der Waals surface area contributed by atoms with Crippen LogP contribution in [0, 0.1) is 29.1 Å². The van der Waals surface area contributed by atoms with E-state index in [0.29, 0.717) is 19.5 Å². The first kappa shape index (κ1) is 16.9. The molecule has 0 amide bonds. The van der Waals surface area contributed by atoms with E-state index in [9.17, 15) is 22.0 Å². The summed E-state index contributed by atoms with van der Waals surface area (Å²) in [7, 11) is 0. The van der Waals surface area contributed by atoms with Gasteiger partial charge in [0, 0.05) is 11.6 Å². The van der Waals surface area contributed by atoms with Gasteiger partial charge in [-0.05, 0) is 25.9 Å². The van der Waals surface area contributed by atoms with E-state index in [-0.39, 0.29) is 12.5 Å². The summed E-state index contributed by atoms with van der Waals surface area (Å²) in [5.41, 5.74) is -0.736. The molecule has 0 saturated carbocycles. The van der Waals surface area contributed by atoms with Crippen molar-refractivity contribution in [3.63, 3.8) is 0 Å². The van der Waals surface area contributed by atoms with Gasteiger partial charge in [0.15, 0.2) is 23.3 Å². The minimum absolute atomic E-state index is 0.204. The molecule has 0 saturated heterocycles. The Morgan fingerprint density at radius 2 is 1.15 bits per heavy atom. The molecule has 114 valence electrons. The molecule has 0 aliphatic heterocycles. The van der Waals surface area contributed by atoms with Crippen LogP contribution in [0.1, 0.15) is 32.8 Å². The lowest BCUT2D eigenvalue weighted by Crippen LogP contribution is -2.36. The number of rotatable bonds is 6. The molecule has 1 aromatic rings. The van der Waals surface area contributed by atoms with E-state index in [2.05, 4.69) is 0 Å². The van der Waals surface area contributed by atoms with Gasteiger partial charge in [-0.3, -0.25) is 0 Å². The molecule has 0 aromatic heterocycles. The van der Waals surface area contributed by atoms with Crippen molar-refractivity contribution >= 4 is 0 Å². The third-order valence-corrected chi connectivity index (χ3v) is 3.54. The molecule has 1 aromatic carbocycles. The maximum atomic E-state index is 13.6. The highest BCUT2D eigenvalue weighted by Crippen LogP contribution is 2.25. The number of nitrogens with zero attached hydrogens (tertiary/aromatic N) is 1. The average molecular weight is 295 g/mol. The molecule has 0 fully saturated rings. The molecule has 1 unspecified atom stereocenters. The Hall–Kier alpha value is -1.17. The molecule has 1 nitrogen and oxygen atoms in total. The van der Waals surface area contributed by atoms with Crippen LogP contribution in [-0.2, 0) is 6.42 Å². The normalized spacial score (nSPS) is 13.1. The Bertz CT molecular complexity index is 442. The summed E-state index contributed by atoms with van der Waals surface area (Å²) in [6.45, 7) is 6.86. The van der Waals surface area contributed by atoms with Crippen molar-refractivity contribution in [2.45, 2.75) is 39.7 Å². The minimum atomic E-state index is -2.11. The summed E-state index contributed by atoms with van der Waals surface area (Å²) in [6.07, 6.45) is 0.352. The standard InChI is InChI=1S/C14H18F5N/c1-4-8(20(5-2)6-3)7-9-10(15)12(17)14(19)13(18)11(9)16/h8H,4-7H2,1-3H3. The summed E-state index contributed by atoms with van der Waals surface area (Å²) >= 11 is 0. The van der Waals surface area contributed by atoms with Gasteiger partial charge < -0.3 is 4.90 Å². The summed E-state index contributed by atoms with van der Waals surface area (Å²) in [4.78, 5) is 1.93. The fourth-order valence-electron chi connectivity index (χ4n) is 2.34. The van der Waals surface area contributed by atoms with Crippen molar-refractivity contribution in [3.8, 4) is 0 Å². The van der Waals surface area contributed by atoms with Gasteiger partial charge in [0.05, 0.1) is 0 Å². The highest BCUT2D eigenvalue weighted by Gasteiger charge is 2.27. The fraction of sp³-hybridized carbons (Fsp3) is 0.571. The van der Waals surface area contributed by atoms with Crippen LogP contribution < -0.4 is 0 Å². The topological polar surface area (TPSA) is 3.24 Å². The highest BCUT2D eigenvalue weighted by molar-refractivity contribution is 5.25. The van der Waals surface area contributed by atoms with Crippen molar-refractivity contribution in [2.75, 3.05) is 13.1 Å². The largest absolute Gasteiger partial charge is 0.301 e. The molecule has 1 rings (SSSR count). The summed E-state index contributed by atoms with van der Waals surface area (Å²) < 4.78 is 66.5. The van der Waals surface area contributed by atoms with E-state index >= 15 is 0 Å². The monoisotopic (exact) mass is 295 g/mol. The highest BCUT2D eigenvalue weighted by atomic mass is 19.2. The molecular weight excluding hydrogens is 277 g/mol. The minimum Gasteiger partial charge on any atom is -0.301 e. The average Bonchev–Trinajstić information content (AvgIpc) is 2.46. The molecular formula is C14H18F5N. The Morgan fingerprint density at radius 1 is 0.750 bits per heavy atom. The van der Waals surface area contributed by atoms with Crippen molar-refractivity contribution < 1.29 is 22.0 Å². The zero-order chi connectivity index (χ0) is 15.4. The number of hydrogen-bond acceptors (Lipinski definition) is 1. The van der Waals surface area contributed by atoms with Gasteiger partial charge in [-0.2, -0.15) is 0 Å². The molecule has 0 spiro atoms. The van der Waals surface area contributed by atoms with E-state index in [0.717, 1.165) is 0 Å². The quantitative estimate of drug-likeness (QED) is 0.435. The van der Waals surface area contributed by atoms with Gasteiger partial charge in [-0.15, -0.1) is 0 Å². The van der Waals surface area contributed by atoms with E-state index in [1.54, 1.807) is 0 Å². The molecule has 1 atom stereocenters. The lowest BCUT2D eigenvalue weighted by molar-refractivity contribution is 0.205. The molecule has 20 heavy (non-hydrogen) atoms. The second kappa shape index (κ2) is 7.02. The van der Waals surface area contributed by atoms with Gasteiger partial charge in [0.2, 0.25) is 5.82 Å². The first-order chi connectivity index (χ1) is 9.38. The third-order valence-electron chi connectivity index (χ3n) is 3.54. The van der Waals surface area contributed by atoms with Crippen molar-refractivity contribution in [1.29, 1.82) is 0 Å². The second-order valence-corrected chi connectivity index (χ2v) is 4.54. The van der Waals surface area contributed by atoms with Crippen LogP contribution in [-0.4, -0.2) is 24.0 Å². The van der Waals surface area contributed by atoms with Crippen LogP contribution in [0.3, 0.4) is 0 Å². The molecule has 0 heterocycles. The maximum Gasteiger partial charge on any atom is 0.200 e. The predicted octanol–water partition coefficient (Wildman–Crippen LogP) is 4.05. The van der Waals surface area contributed by atoms with Crippen LogP contribution in [0.2, 0.25) is 0 Å². The molecule has 0 aliphatic rings. The lowest BCUT2D eigenvalue weighted by atomic mass is 10.0. The van der Waals surface area contributed by atoms with Crippen molar-refractivity contribution in [3.05, 3.63) is 34.6 Å². The van der Waals surface area contributed by atoms with Crippen LogP contribution in [0.4, 0.5) is 22.0 Å². The Kier molecular flexibility index (Phi) is 5.92. The zero-order valence-corrected chi connectivity index (χ0v) is 11.7. The smallest absolute Gasteiger partial charge is 0.200 e. The maximum absolute atomic E-state index is 13.6. The van der Waals surface area contributed by atoms with Gasteiger partial charge >= 0.3 is 0 Å². The van der Waals surface area contributed by atoms with Crippen LogP contribution in [0.25, 0.3) is 0 Å². The SMILES string of the molecule is CCC(Cc1c(F)c(F)c(F)c(F)c1F)N(CC)CC. The van der Waals surface area contributed by atoms with Crippen LogP contribution >= 0.6 is 0 Å². The van der Waals surface area contributed by atoms with E-state index in [1.165, 1.54) is 0 Å². The second-order valence-electron chi connectivity index (χ2n) is 4.54. The van der Waals surface area contributed by atoms with Gasteiger partial charge in [0.1, 0.15) is 0 Å². The van der Waals surface area contributed by atoms with Crippen LogP contribution in [0.5, 0.6) is 0 Å². The molecule has 6 heteroatoms. The lowest BCUT2D eigenvalue weighted by Gasteiger charge is -2.29. The molecule has 0 bridgehead atoms. The van der Waals surface area contributed by atoms with E-state index in [1.807, 2.05) is 25.7 Å². The Balaban J connectivity index is 3.20. The Labute approximate surface area is 115 Å².